The topological polar surface area (TPSA) is 451 Å². The van der Waals surface area contributed by atoms with Crippen molar-refractivity contribution in [2.45, 2.75) is 225 Å². The van der Waals surface area contributed by atoms with Gasteiger partial charge in [-0.2, -0.15) is 0 Å². The number of phenolic OH excluding ortho intramolecular Hbond substituents is 2. The molecule has 2 aromatic carbocycles. The molecule has 4 bridgehead atoms. The fourth-order valence-corrected chi connectivity index (χ4v) is 13.3. The molecule has 4 aliphatic heterocycles. The van der Waals surface area contributed by atoms with Crippen LogP contribution in [0.25, 0.3) is 0 Å². The molecule has 3 radical (unpaired) electrons. The molecule has 2 aromatic rings. The number of likely N-dealkylation sites (N-methyl/N-ethyl adjacent to an activating group) is 2. The summed E-state index contributed by atoms with van der Waals surface area (Å²) in [7, 11) is 5.64. The van der Waals surface area contributed by atoms with Crippen LogP contribution in [0.4, 0.5) is 0 Å². The van der Waals surface area contributed by atoms with E-state index in [0.717, 1.165) is 10.1 Å². The fourth-order valence-electron chi connectivity index (χ4n) is 13.3. The molecule has 655 valence electrons. The van der Waals surface area contributed by atoms with E-state index in [1.54, 1.807) is 135 Å². The van der Waals surface area contributed by atoms with Crippen LogP contribution >= 0.6 is 0 Å². The van der Waals surface area contributed by atoms with E-state index >= 15 is 0 Å². The molecule has 4 aliphatic rings. The Labute approximate surface area is 729 Å². The molecule has 0 spiro atoms. The van der Waals surface area contributed by atoms with Crippen molar-refractivity contribution in [2.75, 3.05) is 41.4 Å². The Morgan fingerprint density at radius 1 is 0.583 bits per heavy atom. The summed E-state index contributed by atoms with van der Waals surface area (Å²) in [6, 6.07) is 5.81. The molecule has 32 nitrogen and oxygen atoms in total. The number of amides is 8. The van der Waals surface area contributed by atoms with E-state index in [0.29, 0.717) is 48.0 Å². The SMILES string of the molecule is CON(C)C(=O)/C=C/C=C(\C)[C@@H]1C/C=C/C=C/[C@H](O)[C@H](C)[C@@H](O)[C@@H](CCC(C)=O)C(=O)N[C@@H](C(C)C)C(=O)N[C@@H](Cc2cccc(O)c2)C(=O)N2CCCC(N2)C(=O)O1.CON(C)C(=O)/C=C/C=C(\C)[C@@H]1C/C=C/C=C/[C@H](O)[C@H](C)[C@@H](O)[C@@H](CCC(C)O)C(=O)N[C@@H](C(C)C)C(=O)N[C@@H](Cc2cccc(O)c2)C(=O)N2CCCC(N2)C(=O)O1.[B].[H-].[Na+]. The van der Waals surface area contributed by atoms with E-state index in [1.807, 2.05) is 0 Å². The predicted molar refractivity (Wildman–Crippen MR) is 445 cm³/mol. The Morgan fingerprint density at radius 2 is 0.967 bits per heavy atom. The number of fused-ring (bicyclic) bond motifs is 4. The van der Waals surface area contributed by atoms with E-state index in [4.69, 9.17) is 19.1 Å². The molecule has 0 aromatic heterocycles. The largest absolute Gasteiger partial charge is 1.00 e. The van der Waals surface area contributed by atoms with Crippen LogP contribution in [0, 0.1) is 35.5 Å². The summed E-state index contributed by atoms with van der Waals surface area (Å²) in [5, 5.41) is 91.2. The summed E-state index contributed by atoms with van der Waals surface area (Å²) in [4.78, 5) is 158. The summed E-state index contributed by atoms with van der Waals surface area (Å²) < 4.78 is 12.0. The molecular formula is C86H125BN10NaO22. The van der Waals surface area contributed by atoms with E-state index < -0.39 is 174 Å². The van der Waals surface area contributed by atoms with E-state index in [-0.39, 0.29) is 121 Å². The first kappa shape index (κ1) is 105. The van der Waals surface area contributed by atoms with Gasteiger partial charge in [0.15, 0.2) is 0 Å². The van der Waals surface area contributed by atoms with Gasteiger partial charge in [-0.15, -0.1) is 0 Å². The normalized spacial score (nSPS) is 28.0. The third-order valence-corrected chi connectivity index (χ3v) is 21.0. The molecule has 120 heavy (non-hydrogen) atoms. The molecule has 2 saturated heterocycles. The number of aromatic hydroxyl groups is 2. The Balaban J connectivity index is 0.000000800. The number of hydrazine groups is 2. The number of carbonyl (C=O) groups excluding carboxylic acids is 11. The van der Waals surface area contributed by atoms with Gasteiger partial charge in [0.2, 0.25) is 23.6 Å². The van der Waals surface area contributed by atoms with Crippen molar-refractivity contribution in [3.63, 3.8) is 0 Å². The van der Waals surface area contributed by atoms with Crippen molar-refractivity contribution >= 4 is 73.4 Å². The molecular weight excluding hydrogens is 1560 g/mol. The number of esters is 2. The maximum Gasteiger partial charge on any atom is 1.00 e. The second-order valence-electron chi connectivity index (χ2n) is 31.0. The number of hydrogen-bond acceptors (Lipinski definition) is 24. The molecule has 8 amide bonds. The van der Waals surface area contributed by atoms with E-state index in [1.165, 1.54) is 106 Å². The van der Waals surface area contributed by atoms with Gasteiger partial charge in [0.25, 0.3) is 23.6 Å². The summed E-state index contributed by atoms with van der Waals surface area (Å²) in [6.07, 6.45) is 15.9. The van der Waals surface area contributed by atoms with Crippen LogP contribution in [0.15, 0.2) is 145 Å². The number of nitrogens with zero attached hydrogens (tertiary/aromatic N) is 4. The Bertz CT molecular complexity index is 3990. The van der Waals surface area contributed by atoms with Crippen molar-refractivity contribution < 1.29 is 139 Å². The Kier molecular flexibility index (Phi) is 46.5. The molecule has 6 rings (SSSR count). The van der Waals surface area contributed by atoms with Gasteiger partial charge in [0.1, 0.15) is 65.7 Å². The number of cyclic esters (lactones) is 2. The molecule has 3 unspecified atom stereocenters. The van der Waals surface area contributed by atoms with Crippen molar-refractivity contribution in [1.82, 2.24) is 52.3 Å². The predicted octanol–water partition coefficient (Wildman–Crippen LogP) is 1.23. The number of ether oxygens (including phenoxy) is 2. The van der Waals surface area contributed by atoms with Gasteiger partial charge in [-0.1, -0.05) is 139 Å². The number of nitrogens with one attached hydrogen (secondary N) is 6. The van der Waals surface area contributed by atoms with Crippen LogP contribution in [-0.2, 0) is 84.7 Å². The number of benzene rings is 2. The van der Waals surface area contributed by atoms with Crippen LogP contribution in [-0.4, -0.2) is 250 Å². The quantitative estimate of drug-likeness (QED) is 0.0291. The fraction of sp³-hybridized carbons (Fsp3) is 0.547. The number of hydroxylamine groups is 4. The molecule has 0 saturated carbocycles. The standard InChI is InChI=1S/C43H63N5O11.C43H61N5O11.B.Na.H/c2*1-26(2)38-41(55)44-34(25-30-15-12-16-31(50)24-30)42(56)48-23-13-17-33(46-48)43(57)59-36(27(3)14-11-20-37(52)47(6)58-7)19-10-8-9-18-35(51)29(5)39(53)32(40(54)45-38)22-21-28(4)49;;;/h8-12,14-16,18,20,24,26,28-29,32-36,38-39,46,49-51,53H,13,17,19,21-23,25H2,1-7H3,(H,44,55)(H,45,54);8-12,14-16,18,20,24,26,29,32-36,38-39,46,50-51,53H,13,17,19,21-23,25H2,1-7H3,(H,44,55)(H,45,54);;;/q;;;+1;-1/b2*10-8+,18-9+,20-11+,27-14+;;;/t28?,29-,32+,33?,34-,35-,36-,38-,39+;29-,32+,33?,34-,35-,36-,38-,39+;;;/m00.../s1. The average Bonchev–Trinajstić information content (AvgIpc) is 0.822. The van der Waals surface area contributed by atoms with E-state index in [2.05, 4.69) is 32.1 Å². The first-order valence-corrected chi connectivity index (χ1v) is 40.1. The monoisotopic (exact) mass is 1680 g/mol. The number of Topliss-reactive ketones (excluding diaryl/α,β-unsaturated/α-hetero) is 1. The number of hydrogen-bond donors (Lipinski definition) is 13. The van der Waals surface area contributed by atoms with Crippen molar-refractivity contribution in [3.8, 4) is 11.5 Å². The molecule has 4 heterocycles. The average molecular weight is 1680 g/mol. The molecule has 34 heteroatoms. The zero-order valence-electron chi connectivity index (χ0n) is 72.7. The minimum absolute atomic E-state index is 0. The van der Waals surface area contributed by atoms with E-state index in [9.17, 15) is 88.5 Å². The van der Waals surface area contributed by atoms with Crippen LogP contribution in [0.3, 0.4) is 0 Å². The number of rotatable bonds is 20. The number of aliphatic hydroxyl groups is 5. The van der Waals surface area contributed by atoms with Gasteiger partial charge in [-0.25, -0.2) is 21.0 Å². The summed E-state index contributed by atoms with van der Waals surface area (Å²) >= 11 is 0. The number of allylic oxidation sites excluding steroid dienone is 8. The maximum absolute atomic E-state index is 14.3. The molecule has 0 aliphatic carbocycles. The van der Waals surface area contributed by atoms with Gasteiger partial charge in [0, 0.05) is 91.7 Å². The summed E-state index contributed by atoms with van der Waals surface area (Å²) in [6.45, 7) is 16.8. The third-order valence-electron chi connectivity index (χ3n) is 21.0. The molecule has 17 atom stereocenters. The van der Waals surface area contributed by atoms with Crippen LogP contribution in [0.1, 0.15) is 146 Å². The smallest absolute Gasteiger partial charge is 1.00 e. The van der Waals surface area contributed by atoms with Crippen molar-refractivity contribution in [1.29, 1.82) is 0 Å². The first-order chi connectivity index (χ1) is 55.8. The second kappa shape index (κ2) is 53.0. The third kappa shape index (κ3) is 34.2. The summed E-state index contributed by atoms with van der Waals surface area (Å²) in [5.41, 5.74) is 8.23. The van der Waals surface area contributed by atoms with Crippen LogP contribution in [0.5, 0.6) is 11.5 Å². The second-order valence-corrected chi connectivity index (χ2v) is 31.0. The number of carbonyl (C=O) groups is 11. The van der Waals surface area contributed by atoms with Gasteiger partial charge in [-0.3, -0.25) is 67.6 Å². The van der Waals surface area contributed by atoms with Gasteiger partial charge < -0.3 is 72.7 Å². The Hall–Kier alpha value is -8.97. The zero-order chi connectivity index (χ0) is 87.6. The van der Waals surface area contributed by atoms with Crippen LogP contribution in [0.2, 0.25) is 0 Å². The Morgan fingerprint density at radius 3 is 1.32 bits per heavy atom. The summed E-state index contributed by atoms with van der Waals surface area (Å²) in [5.74, 6) is -11.3. The molecule has 13 N–H and O–H groups in total. The number of phenols is 2. The van der Waals surface area contributed by atoms with Gasteiger partial charge in [-0.05, 0) is 131 Å². The first-order valence-electron chi connectivity index (χ1n) is 40.1. The number of ketones is 1. The van der Waals surface area contributed by atoms with Crippen molar-refractivity contribution in [2.24, 2.45) is 35.5 Å². The van der Waals surface area contributed by atoms with Gasteiger partial charge in [0.05, 0.1) is 56.6 Å². The maximum atomic E-state index is 14.3. The molecule has 2 fully saturated rings. The zero-order valence-corrected chi connectivity index (χ0v) is 73.7. The minimum atomic E-state index is -1.43. The van der Waals surface area contributed by atoms with Gasteiger partial charge >= 0.3 is 41.5 Å². The van der Waals surface area contributed by atoms with Crippen molar-refractivity contribution in [3.05, 3.63) is 156 Å². The minimum Gasteiger partial charge on any atom is -1.00 e. The van der Waals surface area contributed by atoms with Crippen LogP contribution < -0.4 is 61.7 Å². The number of aliphatic hydroxyl groups excluding tert-OH is 5.